The molecule has 2 rings (SSSR count). The summed E-state index contributed by atoms with van der Waals surface area (Å²) in [6.45, 7) is 0. The third kappa shape index (κ3) is 1.56. The first-order chi connectivity index (χ1) is 6.79. The molecule has 0 saturated heterocycles. The third-order valence-corrected chi connectivity index (χ3v) is 2.15. The molecule has 0 aliphatic carbocycles. The summed E-state index contributed by atoms with van der Waals surface area (Å²) < 4.78 is 13.8. The average molecular weight is 206 g/mol. The molecule has 1 aromatic heterocycles. The van der Waals surface area contributed by atoms with E-state index in [2.05, 4.69) is 9.97 Å². The summed E-state index contributed by atoms with van der Waals surface area (Å²) in [5, 5.41) is 0. The smallest absolute Gasteiger partial charge is 0.132 e. The molecular formula is C10H7FN2S. The minimum absolute atomic E-state index is 0.314. The maximum absolute atomic E-state index is 13.4. The highest BCUT2D eigenvalue weighted by molar-refractivity contribution is 7.71. The molecule has 1 heterocycles. The van der Waals surface area contributed by atoms with Crippen LogP contribution in [0, 0.1) is 10.5 Å². The summed E-state index contributed by atoms with van der Waals surface area (Å²) in [5.41, 5.74) is 0.898. The first kappa shape index (κ1) is 9.02. The van der Waals surface area contributed by atoms with Crippen molar-refractivity contribution in [2.45, 2.75) is 0 Å². The van der Waals surface area contributed by atoms with Crippen LogP contribution in [0.2, 0.25) is 0 Å². The Morgan fingerprint density at radius 2 is 2.07 bits per heavy atom. The van der Waals surface area contributed by atoms with Crippen LogP contribution in [-0.2, 0) is 0 Å². The van der Waals surface area contributed by atoms with Gasteiger partial charge in [-0.3, -0.25) is 4.98 Å². The number of aromatic amines is 1. The van der Waals surface area contributed by atoms with Crippen molar-refractivity contribution in [1.82, 2.24) is 9.97 Å². The Labute approximate surface area is 85.5 Å². The van der Waals surface area contributed by atoms with Crippen molar-refractivity contribution < 1.29 is 4.39 Å². The van der Waals surface area contributed by atoms with Crippen molar-refractivity contribution in [3.8, 4) is 11.3 Å². The second kappa shape index (κ2) is 3.67. The van der Waals surface area contributed by atoms with Crippen LogP contribution in [0.15, 0.2) is 36.7 Å². The van der Waals surface area contributed by atoms with E-state index >= 15 is 0 Å². The number of H-pyrrole nitrogens is 1. The van der Waals surface area contributed by atoms with Gasteiger partial charge in [-0.05, 0) is 12.1 Å². The van der Waals surface area contributed by atoms with Crippen LogP contribution in [0.5, 0.6) is 0 Å². The van der Waals surface area contributed by atoms with E-state index in [4.69, 9.17) is 12.2 Å². The lowest BCUT2D eigenvalue weighted by Gasteiger charge is -2.00. The van der Waals surface area contributed by atoms with Crippen molar-refractivity contribution in [3.63, 3.8) is 0 Å². The highest BCUT2D eigenvalue weighted by atomic mass is 32.1. The maximum atomic E-state index is 13.4. The molecule has 0 bridgehead atoms. The Morgan fingerprint density at radius 1 is 1.29 bits per heavy atom. The predicted molar refractivity (Wildman–Crippen MR) is 54.8 cm³/mol. The fourth-order valence-corrected chi connectivity index (χ4v) is 1.43. The van der Waals surface area contributed by atoms with E-state index in [-0.39, 0.29) is 5.82 Å². The summed E-state index contributed by atoms with van der Waals surface area (Å²) in [5.74, 6) is -0.314. The number of benzene rings is 1. The van der Waals surface area contributed by atoms with E-state index in [1.165, 1.54) is 6.07 Å². The van der Waals surface area contributed by atoms with Crippen LogP contribution < -0.4 is 0 Å². The van der Waals surface area contributed by atoms with Crippen LogP contribution in [0.4, 0.5) is 4.39 Å². The van der Waals surface area contributed by atoms with Gasteiger partial charge in [-0.2, -0.15) is 0 Å². The Hall–Kier alpha value is -1.55. The normalized spacial score (nSPS) is 10.1. The zero-order valence-corrected chi connectivity index (χ0v) is 8.01. The standard InChI is InChI=1S/C10H7FN2S/c11-8-4-2-1-3-7(8)9-10(14)13-6-5-12-9/h1-6H,(H,13,14). The van der Waals surface area contributed by atoms with Gasteiger partial charge >= 0.3 is 0 Å². The average Bonchev–Trinajstić information content (AvgIpc) is 2.20. The van der Waals surface area contributed by atoms with Gasteiger partial charge in [-0.25, -0.2) is 4.39 Å². The highest BCUT2D eigenvalue weighted by Gasteiger charge is 2.05. The fourth-order valence-electron chi connectivity index (χ4n) is 1.20. The molecule has 0 amide bonds. The second-order valence-corrected chi connectivity index (χ2v) is 3.16. The molecule has 2 aromatic rings. The molecule has 0 spiro atoms. The Kier molecular flexibility index (Phi) is 2.37. The minimum atomic E-state index is -0.314. The molecule has 4 heteroatoms. The zero-order valence-electron chi connectivity index (χ0n) is 7.20. The number of aromatic nitrogens is 2. The van der Waals surface area contributed by atoms with Crippen molar-refractivity contribution in [3.05, 3.63) is 47.1 Å². The van der Waals surface area contributed by atoms with Crippen LogP contribution in [0.3, 0.4) is 0 Å². The number of nitrogens with zero attached hydrogens (tertiary/aromatic N) is 1. The van der Waals surface area contributed by atoms with Gasteiger partial charge in [-0.1, -0.05) is 24.4 Å². The number of rotatable bonds is 1. The lowest BCUT2D eigenvalue weighted by Crippen LogP contribution is -1.89. The van der Waals surface area contributed by atoms with Gasteiger partial charge in [0.1, 0.15) is 16.2 Å². The predicted octanol–water partition coefficient (Wildman–Crippen LogP) is 2.95. The number of nitrogens with one attached hydrogen (secondary N) is 1. The quantitative estimate of drug-likeness (QED) is 0.727. The topological polar surface area (TPSA) is 28.7 Å². The van der Waals surface area contributed by atoms with Crippen LogP contribution in [-0.4, -0.2) is 9.97 Å². The van der Waals surface area contributed by atoms with E-state index in [1.807, 2.05) is 0 Å². The lowest BCUT2D eigenvalue weighted by molar-refractivity contribution is 0.630. The summed E-state index contributed by atoms with van der Waals surface area (Å²) in [4.78, 5) is 6.85. The van der Waals surface area contributed by atoms with Gasteiger partial charge in [0.15, 0.2) is 0 Å². The van der Waals surface area contributed by atoms with E-state index in [0.29, 0.717) is 15.9 Å². The van der Waals surface area contributed by atoms with E-state index < -0.39 is 0 Å². The molecule has 0 radical (unpaired) electrons. The first-order valence-electron chi connectivity index (χ1n) is 4.07. The SMILES string of the molecule is Fc1ccccc1-c1ncc[nH]c1=S. The molecule has 1 N–H and O–H groups in total. The molecule has 0 fully saturated rings. The molecule has 0 unspecified atom stereocenters. The van der Waals surface area contributed by atoms with Crippen LogP contribution >= 0.6 is 12.2 Å². The fraction of sp³-hybridized carbons (Fsp3) is 0. The Morgan fingerprint density at radius 3 is 2.79 bits per heavy atom. The minimum Gasteiger partial charge on any atom is -0.350 e. The molecular weight excluding hydrogens is 199 g/mol. The van der Waals surface area contributed by atoms with Gasteiger partial charge < -0.3 is 4.98 Å². The van der Waals surface area contributed by atoms with Gasteiger partial charge in [0.2, 0.25) is 0 Å². The van der Waals surface area contributed by atoms with Gasteiger partial charge in [0.25, 0.3) is 0 Å². The van der Waals surface area contributed by atoms with Gasteiger partial charge in [0, 0.05) is 18.0 Å². The van der Waals surface area contributed by atoms with E-state index in [0.717, 1.165) is 0 Å². The Bertz CT molecular complexity index is 507. The molecule has 0 saturated carbocycles. The number of halogens is 1. The Balaban J connectivity index is 2.67. The summed E-state index contributed by atoms with van der Waals surface area (Å²) in [6.07, 6.45) is 3.17. The van der Waals surface area contributed by atoms with Crippen LogP contribution in [0.25, 0.3) is 11.3 Å². The zero-order chi connectivity index (χ0) is 9.97. The summed E-state index contributed by atoms with van der Waals surface area (Å²) >= 11 is 5.01. The van der Waals surface area contributed by atoms with Crippen LogP contribution in [0.1, 0.15) is 0 Å². The maximum Gasteiger partial charge on any atom is 0.132 e. The number of hydrogen-bond acceptors (Lipinski definition) is 2. The van der Waals surface area contributed by atoms with E-state index in [9.17, 15) is 4.39 Å². The third-order valence-electron chi connectivity index (χ3n) is 1.84. The van der Waals surface area contributed by atoms with Crippen molar-refractivity contribution in [1.29, 1.82) is 0 Å². The molecule has 0 aliphatic heterocycles. The molecule has 14 heavy (non-hydrogen) atoms. The van der Waals surface area contributed by atoms with Gasteiger partial charge in [-0.15, -0.1) is 0 Å². The lowest BCUT2D eigenvalue weighted by atomic mass is 10.1. The summed E-state index contributed by atoms with van der Waals surface area (Å²) in [6, 6.07) is 6.43. The molecule has 1 aromatic carbocycles. The molecule has 2 nitrogen and oxygen atoms in total. The van der Waals surface area contributed by atoms with E-state index in [1.54, 1.807) is 30.6 Å². The molecule has 0 aliphatic rings. The highest BCUT2D eigenvalue weighted by Crippen LogP contribution is 2.19. The van der Waals surface area contributed by atoms with Crippen molar-refractivity contribution in [2.75, 3.05) is 0 Å². The van der Waals surface area contributed by atoms with Crippen molar-refractivity contribution in [2.24, 2.45) is 0 Å². The second-order valence-electron chi connectivity index (χ2n) is 2.75. The van der Waals surface area contributed by atoms with Crippen molar-refractivity contribution >= 4 is 12.2 Å². The molecule has 0 atom stereocenters. The summed E-state index contributed by atoms with van der Waals surface area (Å²) in [7, 11) is 0. The largest absolute Gasteiger partial charge is 0.350 e. The van der Waals surface area contributed by atoms with Gasteiger partial charge in [0.05, 0.1) is 0 Å². The monoisotopic (exact) mass is 206 g/mol. The number of hydrogen-bond donors (Lipinski definition) is 1. The first-order valence-corrected chi connectivity index (χ1v) is 4.48. The molecule has 70 valence electrons.